The van der Waals surface area contributed by atoms with Crippen molar-refractivity contribution in [2.45, 2.75) is 56.9 Å². The molecule has 1 aliphatic heterocycles. The summed E-state index contributed by atoms with van der Waals surface area (Å²) in [7, 11) is 0. The van der Waals surface area contributed by atoms with Crippen molar-refractivity contribution >= 4 is 5.91 Å². The first-order chi connectivity index (χ1) is 8.07. The maximum absolute atomic E-state index is 12.1. The molecular formula is C12H22N2O3. The molecule has 5 heteroatoms. The number of rotatable bonds is 4. The van der Waals surface area contributed by atoms with E-state index in [1.54, 1.807) is 0 Å². The summed E-state index contributed by atoms with van der Waals surface area (Å²) in [5.74, 6) is -0.0557. The summed E-state index contributed by atoms with van der Waals surface area (Å²) in [5, 5.41) is 2.97. The highest BCUT2D eigenvalue weighted by atomic mass is 16.5. The lowest BCUT2D eigenvalue weighted by Crippen LogP contribution is -2.66. The molecule has 0 aromatic heterocycles. The smallest absolute Gasteiger partial charge is 0.252 e. The fourth-order valence-corrected chi connectivity index (χ4v) is 2.49. The van der Waals surface area contributed by atoms with Gasteiger partial charge < -0.3 is 20.5 Å². The van der Waals surface area contributed by atoms with Gasteiger partial charge in [-0.1, -0.05) is 0 Å². The van der Waals surface area contributed by atoms with E-state index in [2.05, 4.69) is 5.32 Å². The Kier molecular flexibility index (Phi) is 3.70. The number of hydrogen-bond acceptors (Lipinski definition) is 4. The number of carbonyl (C=O) groups excluding carboxylic acids is 1. The quantitative estimate of drug-likeness (QED) is 0.737. The summed E-state index contributed by atoms with van der Waals surface area (Å²) in [5.41, 5.74) is 5.22. The maximum atomic E-state index is 12.1. The molecule has 98 valence electrons. The van der Waals surface area contributed by atoms with Gasteiger partial charge in [0.2, 0.25) is 0 Å². The van der Waals surface area contributed by atoms with Crippen molar-refractivity contribution in [1.29, 1.82) is 0 Å². The normalized spacial score (nSPS) is 41.0. The summed E-state index contributed by atoms with van der Waals surface area (Å²) in [4.78, 5) is 12.1. The first kappa shape index (κ1) is 12.8. The van der Waals surface area contributed by atoms with Gasteiger partial charge in [-0.2, -0.15) is 0 Å². The average Bonchev–Trinajstić information content (AvgIpc) is 2.74. The van der Waals surface area contributed by atoms with Crippen LogP contribution in [-0.4, -0.2) is 42.9 Å². The molecule has 1 saturated heterocycles. The van der Waals surface area contributed by atoms with Gasteiger partial charge in [0.25, 0.3) is 5.91 Å². The summed E-state index contributed by atoms with van der Waals surface area (Å²) in [6.45, 7) is 5.10. The predicted molar refractivity (Wildman–Crippen MR) is 63.5 cm³/mol. The number of carbonyl (C=O) groups is 1. The van der Waals surface area contributed by atoms with E-state index in [4.69, 9.17) is 15.2 Å². The van der Waals surface area contributed by atoms with Crippen LogP contribution in [-0.2, 0) is 14.3 Å². The van der Waals surface area contributed by atoms with Crippen LogP contribution in [0.2, 0.25) is 0 Å². The van der Waals surface area contributed by atoms with Crippen molar-refractivity contribution in [1.82, 2.24) is 5.32 Å². The highest BCUT2D eigenvalue weighted by molar-refractivity contribution is 5.85. The second-order valence-electron chi connectivity index (χ2n) is 5.08. The third kappa shape index (κ3) is 2.46. The minimum absolute atomic E-state index is 0.000466. The molecule has 0 aromatic carbocycles. The van der Waals surface area contributed by atoms with Crippen LogP contribution in [0.5, 0.6) is 0 Å². The molecule has 5 nitrogen and oxygen atoms in total. The van der Waals surface area contributed by atoms with Crippen molar-refractivity contribution in [2.24, 2.45) is 5.73 Å². The molecule has 4 atom stereocenters. The Morgan fingerprint density at radius 3 is 2.94 bits per heavy atom. The van der Waals surface area contributed by atoms with Gasteiger partial charge in [0.05, 0.1) is 12.1 Å². The Bertz CT molecular complexity index is 287. The lowest BCUT2D eigenvalue weighted by atomic mass is 9.83. The van der Waals surface area contributed by atoms with Crippen LogP contribution in [0.4, 0.5) is 0 Å². The summed E-state index contributed by atoms with van der Waals surface area (Å²) >= 11 is 0. The minimum Gasteiger partial charge on any atom is -0.376 e. The van der Waals surface area contributed by atoms with Crippen molar-refractivity contribution in [3.63, 3.8) is 0 Å². The zero-order valence-corrected chi connectivity index (χ0v) is 10.6. The Balaban J connectivity index is 1.89. The summed E-state index contributed by atoms with van der Waals surface area (Å²) < 4.78 is 11.0. The van der Waals surface area contributed by atoms with Crippen LogP contribution in [0.3, 0.4) is 0 Å². The average molecular weight is 242 g/mol. The van der Waals surface area contributed by atoms with Crippen LogP contribution in [0, 0.1) is 0 Å². The zero-order chi connectivity index (χ0) is 12.5. The molecule has 17 heavy (non-hydrogen) atoms. The van der Waals surface area contributed by atoms with Crippen molar-refractivity contribution in [2.75, 3.05) is 13.2 Å². The molecule has 2 rings (SSSR count). The van der Waals surface area contributed by atoms with E-state index in [1.807, 2.05) is 13.8 Å². The fraction of sp³-hybridized carbons (Fsp3) is 0.917. The van der Waals surface area contributed by atoms with Crippen molar-refractivity contribution < 1.29 is 14.3 Å². The molecular weight excluding hydrogens is 220 g/mol. The van der Waals surface area contributed by atoms with Gasteiger partial charge in [-0.05, 0) is 33.1 Å². The van der Waals surface area contributed by atoms with Gasteiger partial charge >= 0.3 is 0 Å². The van der Waals surface area contributed by atoms with Gasteiger partial charge in [0.15, 0.2) is 0 Å². The zero-order valence-electron chi connectivity index (χ0n) is 10.6. The number of nitrogens with two attached hydrogens (primary N) is 1. The van der Waals surface area contributed by atoms with Crippen LogP contribution in [0.1, 0.15) is 33.1 Å². The molecule has 1 heterocycles. The standard InChI is InChI=1S/C12H22N2O3/c1-3-16-9-7-8(13)10(9)14-11(15)12(2)5-4-6-17-12/h8-10H,3-7,13H2,1-2H3,(H,14,15). The van der Waals surface area contributed by atoms with Gasteiger partial charge in [-0.25, -0.2) is 0 Å². The molecule has 1 amide bonds. The topological polar surface area (TPSA) is 73.6 Å². The van der Waals surface area contributed by atoms with Gasteiger partial charge in [-0.3, -0.25) is 4.79 Å². The number of ether oxygens (including phenoxy) is 2. The summed E-state index contributed by atoms with van der Waals surface area (Å²) in [6.07, 6.45) is 2.59. The molecule has 3 N–H and O–H groups in total. The van der Waals surface area contributed by atoms with Gasteiger partial charge in [-0.15, -0.1) is 0 Å². The Morgan fingerprint density at radius 1 is 1.65 bits per heavy atom. The molecule has 0 aromatic rings. The Labute approximate surface area is 102 Å². The number of amides is 1. The second kappa shape index (κ2) is 4.92. The first-order valence-corrected chi connectivity index (χ1v) is 6.39. The second-order valence-corrected chi connectivity index (χ2v) is 5.08. The molecule has 0 bridgehead atoms. The molecule has 1 saturated carbocycles. The maximum Gasteiger partial charge on any atom is 0.252 e. The summed E-state index contributed by atoms with van der Waals surface area (Å²) in [6, 6.07) is -0.0658. The van der Waals surface area contributed by atoms with Crippen LogP contribution in [0.15, 0.2) is 0 Å². The van der Waals surface area contributed by atoms with E-state index < -0.39 is 5.60 Å². The SMILES string of the molecule is CCOC1CC(N)C1NC(=O)C1(C)CCCO1. The third-order valence-corrected chi connectivity index (χ3v) is 3.74. The van der Waals surface area contributed by atoms with E-state index in [0.717, 1.165) is 19.3 Å². The van der Waals surface area contributed by atoms with Gasteiger partial charge in [0, 0.05) is 19.3 Å². The van der Waals surface area contributed by atoms with E-state index in [1.165, 1.54) is 0 Å². The molecule has 0 radical (unpaired) electrons. The molecule has 0 spiro atoms. The molecule has 2 aliphatic rings. The fourth-order valence-electron chi connectivity index (χ4n) is 2.49. The van der Waals surface area contributed by atoms with Gasteiger partial charge in [0.1, 0.15) is 5.60 Å². The molecule has 4 unspecified atom stereocenters. The monoisotopic (exact) mass is 242 g/mol. The lowest BCUT2D eigenvalue weighted by molar-refractivity contribution is -0.144. The van der Waals surface area contributed by atoms with E-state index in [-0.39, 0.29) is 24.1 Å². The van der Waals surface area contributed by atoms with Crippen LogP contribution >= 0.6 is 0 Å². The first-order valence-electron chi connectivity index (χ1n) is 6.39. The third-order valence-electron chi connectivity index (χ3n) is 3.74. The number of nitrogens with one attached hydrogen (secondary N) is 1. The highest BCUT2D eigenvalue weighted by Gasteiger charge is 2.45. The highest BCUT2D eigenvalue weighted by Crippen LogP contribution is 2.28. The van der Waals surface area contributed by atoms with E-state index in [9.17, 15) is 4.79 Å². The van der Waals surface area contributed by atoms with E-state index in [0.29, 0.717) is 13.2 Å². The largest absolute Gasteiger partial charge is 0.376 e. The predicted octanol–water partition coefficient (Wildman–Crippen LogP) is 0.176. The lowest BCUT2D eigenvalue weighted by Gasteiger charge is -2.43. The van der Waals surface area contributed by atoms with E-state index >= 15 is 0 Å². The Morgan fingerprint density at radius 2 is 2.41 bits per heavy atom. The molecule has 1 aliphatic carbocycles. The minimum atomic E-state index is -0.675. The van der Waals surface area contributed by atoms with Crippen LogP contribution < -0.4 is 11.1 Å². The number of hydrogen-bond donors (Lipinski definition) is 2. The van der Waals surface area contributed by atoms with Crippen molar-refractivity contribution in [3.05, 3.63) is 0 Å². The van der Waals surface area contributed by atoms with Crippen molar-refractivity contribution in [3.8, 4) is 0 Å². The molecule has 2 fully saturated rings. The van der Waals surface area contributed by atoms with Crippen LogP contribution in [0.25, 0.3) is 0 Å². The Hall–Kier alpha value is -0.650.